The monoisotopic (exact) mass is 314 g/mol. The summed E-state index contributed by atoms with van der Waals surface area (Å²) in [6.07, 6.45) is 2.36. The number of nitrogens with two attached hydrogens (primary N) is 1. The van der Waals surface area contributed by atoms with Crippen LogP contribution in [0.3, 0.4) is 0 Å². The zero-order valence-corrected chi connectivity index (χ0v) is 15.5. The van der Waals surface area contributed by atoms with Gasteiger partial charge in [-0.15, -0.1) is 13.2 Å². The van der Waals surface area contributed by atoms with E-state index in [4.69, 9.17) is 0 Å². The van der Waals surface area contributed by atoms with Crippen LogP contribution in [0.2, 0.25) is 0 Å². The van der Waals surface area contributed by atoms with Gasteiger partial charge in [0.05, 0.1) is 0 Å². The maximum absolute atomic E-state index is 4.60. The second kappa shape index (κ2) is 16.5. The van der Waals surface area contributed by atoms with E-state index in [-0.39, 0.29) is 0 Å². The second-order valence-electron chi connectivity index (χ2n) is 4.91. The summed E-state index contributed by atoms with van der Waals surface area (Å²) in [6, 6.07) is 17.5. The van der Waals surface area contributed by atoms with E-state index < -0.39 is 0 Å². The molecule has 2 heteroatoms. The van der Waals surface area contributed by atoms with Crippen molar-refractivity contribution in [2.75, 3.05) is 7.05 Å². The van der Waals surface area contributed by atoms with E-state index in [1.807, 2.05) is 0 Å². The fourth-order valence-electron chi connectivity index (χ4n) is 1.68. The highest BCUT2D eigenvalue weighted by molar-refractivity contribution is 5.63. The van der Waals surface area contributed by atoms with Crippen molar-refractivity contribution in [1.29, 1.82) is 0 Å². The fraction of sp³-hybridized carbons (Fsp3) is 0.333. The molecule has 0 heterocycles. The van der Waals surface area contributed by atoms with Gasteiger partial charge < -0.3 is 0 Å². The highest BCUT2D eigenvalue weighted by atomic mass is 15.2. The maximum Gasteiger partial charge on any atom is -0.00172 e. The molecule has 0 aliphatic carbocycles. The molecule has 0 spiro atoms. The van der Waals surface area contributed by atoms with Gasteiger partial charge in [0.25, 0.3) is 0 Å². The Hall–Kier alpha value is -1.90. The van der Waals surface area contributed by atoms with E-state index in [1.165, 1.54) is 28.7 Å². The summed E-state index contributed by atoms with van der Waals surface area (Å²) >= 11 is 0. The lowest BCUT2D eigenvalue weighted by Crippen LogP contribution is -2.13. The van der Waals surface area contributed by atoms with Crippen molar-refractivity contribution in [3.05, 3.63) is 72.8 Å². The van der Waals surface area contributed by atoms with Gasteiger partial charge in [-0.2, -0.15) is 0 Å². The molecule has 2 nitrogen and oxygen atoms in total. The number of aryl methyl sites for hydroxylation is 2. The van der Waals surface area contributed by atoms with Gasteiger partial charge in [0, 0.05) is 0 Å². The van der Waals surface area contributed by atoms with Gasteiger partial charge in [-0.1, -0.05) is 81.3 Å². The highest BCUT2D eigenvalue weighted by Gasteiger charge is 1.96. The van der Waals surface area contributed by atoms with Gasteiger partial charge >= 0.3 is 0 Å². The molecular weight excluding hydrogens is 280 g/mol. The van der Waals surface area contributed by atoms with E-state index in [2.05, 4.69) is 101 Å². The van der Waals surface area contributed by atoms with Crippen molar-refractivity contribution in [3.63, 3.8) is 0 Å². The predicted molar refractivity (Wildman–Crippen MR) is 106 cm³/mol. The number of rotatable bonds is 2. The van der Waals surface area contributed by atoms with Crippen LogP contribution in [0.1, 0.15) is 38.3 Å². The molecule has 0 unspecified atom stereocenters. The fourth-order valence-corrected chi connectivity index (χ4v) is 1.68. The van der Waals surface area contributed by atoms with Crippen LogP contribution >= 0.6 is 0 Å². The average Bonchev–Trinajstić information content (AvgIpc) is 2.59. The minimum absolute atomic E-state index is 1.11. The maximum atomic E-state index is 4.60. The minimum Gasteiger partial charge on any atom is -0.272 e. The molecule has 0 amide bonds. The Morgan fingerprint density at radius 1 is 0.826 bits per heavy atom. The molecule has 0 aliphatic heterocycles. The van der Waals surface area contributed by atoms with Crippen LogP contribution in [0.25, 0.3) is 11.1 Å². The van der Waals surface area contributed by atoms with Crippen LogP contribution in [-0.4, -0.2) is 7.05 Å². The number of benzene rings is 2. The lowest BCUT2D eigenvalue weighted by molar-refractivity contribution is 0.900. The van der Waals surface area contributed by atoms with Crippen molar-refractivity contribution in [2.24, 2.45) is 5.84 Å². The summed E-state index contributed by atoms with van der Waals surface area (Å²) in [5.74, 6) is 4.60. The smallest absolute Gasteiger partial charge is 0.00172 e. The van der Waals surface area contributed by atoms with Crippen molar-refractivity contribution in [2.45, 2.75) is 40.5 Å². The zero-order chi connectivity index (χ0) is 18.1. The van der Waals surface area contributed by atoms with E-state index >= 15 is 0 Å². The third-order valence-corrected chi connectivity index (χ3v) is 2.75. The average molecular weight is 315 g/mol. The third kappa shape index (κ3) is 11.3. The van der Waals surface area contributed by atoms with Gasteiger partial charge in [0.15, 0.2) is 0 Å². The molecule has 2 aromatic carbocycles. The minimum atomic E-state index is 1.11. The molecule has 2 aromatic rings. The molecule has 2 rings (SSSR count). The molecule has 23 heavy (non-hydrogen) atoms. The Labute approximate surface area is 143 Å². The normalized spacial score (nSPS) is 8.43. The van der Waals surface area contributed by atoms with Crippen LogP contribution in [0.15, 0.2) is 61.7 Å². The van der Waals surface area contributed by atoms with Crippen LogP contribution in [0.4, 0.5) is 0 Å². The summed E-state index contributed by atoms with van der Waals surface area (Å²) < 4.78 is 0. The number of nitrogens with one attached hydrogen (secondary N) is 1. The summed E-state index contributed by atoms with van der Waals surface area (Å²) in [4.78, 5) is 0. The molecule has 128 valence electrons. The highest BCUT2D eigenvalue weighted by Crippen LogP contribution is 2.20. The Kier molecular flexibility index (Phi) is 16.7. The molecular formula is C21H34N2. The van der Waals surface area contributed by atoms with Gasteiger partial charge in [-0.3, -0.25) is 11.3 Å². The Bertz CT molecular complexity index is 470. The van der Waals surface area contributed by atoms with Crippen molar-refractivity contribution in [1.82, 2.24) is 5.43 Å². The predicted octanol–water partition coefficient (Wildman–Crippen LogP) is 5.52. The topological polar surface area (TPSA) is 38.0 Å². The van der Waals surface area contributed by atoms with E-state index in [9.17, 15) is 0 Å². The molecule has 0 radical (unpaired) electrons. The van der Waals surface area contributed by atoms with Gasteiger partial charge in [-0.25, -0.2) is 0 Å². The largest absolute Gasteiger partial charge is 0.272 e. The van der Waals surface area contributed by atoms with Crippen molar-refractivity contribution in [3.8, 4) is 11.1 Å². The first-order valence-corrected chi connectivity index (χ1v) is 8.16. The zero-order valence-electron chi connectivity index (χ0n) is 15.5. The first kappa shape index (κ1) is 23.4. The number of hydrazine groups is 1. The quantitative estimate of drug-likeness (QED) is 0.435. The van der Waals surface area contributed by atoms with Crippen LogP contribution < -0.4 is 11.3 Å². The van der Waals surface area contributed by atoms with Gasteiger partial charge in [-0.05, 0) is 37.1 Å². The van der Waals surface area contributed by atoms with Crippen molar-refractivity contribution >= 4 is 0 Å². The summed E-state index contributed by atoms with van der Waals surface area (Å²) in [6.45, 7) is 14.5. The Morgan fingerprint density at radius 3 is 1.43 bits per heavy atom. The molecule has 0 bridgehead atoms. The Balaban J connectivity index is 0. The first-order valence-electron chi connectivity index (χ1n) is 8.16. The standard InChI is InChI=1S/C15H16.C3H8.C2H4.CH6N2/c1-3-13-6-10-15(11-7-13)14-8-4-12(2)5-9-14;1-3-2;1-2;1-3-2/h4-11H,3H2,1-2H3;3H2,1-2H3;1-2H2;3H,2H2,1H3. The summed E-state index contributed by atoms with van der Waals surface area (Å²) in [5.41, 5.74) is 7.55. The first-order chi connectivity index (χ1) is 11.1. The molecule has 3 N–H and O–H groups in total. The number of hydrogen-bond acceptors (Lipinski definition) is 2. The lowest BCUT2D eigenvalue weighted by atomic mass is 10.0. The molecule has 0 aromatic heterocycles. The van der Waals surface area contributed by atoms with E-state index in [0.29, 0.717) is 0 Å². The lowest BCUT2D eigenvalue weighted by Gasteiger charge is -2.03. The molecule has 0 atom stereocenters. The van der Waals surface area contributed by atoms with Gasteiger partial charge in [0.2, 0.25) is 0 Å². The third-order valence-electron chi connectivity index (χ3n) is 2.75. The van der Waals surface area contributed by atoms with E-state index in [1.54, 1.807) is 7.05 Å². The SMILES string of the molecule is C=C.CCC.CCc1ccc(-c2ccc(C)cc2)cc1.CNN. The number of hydrogen-bond donors (Lipinski definition) is 2. The van der Waals surface area contributed by atoms with Crippen LogP contribution in [-0.2, 0) is 6.42 Å². The van der Waals surface area contributed by atoms with E-state index in [0.717, 1.165) is 6.42 Å². The second-order valence-corrected chi connectivity index (χ2v) is 4.91. The Morgan fingerprint density at radius 2 is 1.13 bits per heavy atom. The molecule has 0 saturated heterocycles. The molecule has 0 fully saturated rings. The van der Waals surface area contributed by atoms with Crippen molar-refractivity contribution < 1.29 is 0 Å². The molecule has 0 saturated carbocycles. The summed E-state index contributed by atoms with van der Waals surface area (Å²) in [7, 11) is 1.65. The van der Waals surface area contributed by atoms with Crippen LogP contribution in [0.5, 0.6) is 0 Å². The summed E-state index contributed by atoms with van der Waals surface area (Å²) in [5, 5.41) is 0. The van der Waals surface area contributed by atoms with Crippen LogP contribution in [0, 0.1) is 6.92 Å². The van der Waals surface area contributed by atoms with Gasteiger partial charge in [0.1, 0.15) is 0 Å². The molecule has 0 aliphatic rings.